The van der Waals surface area contributed by atoms with Crippen LogP contribution in [0.5, 0.6) is 0 Å². The molecule has 21 heavy (non-hydrogen) atoms. The number of aromatic nitrogens is 1. The van der Waals surface area contributed by atoms with Crippen LogP contribution in [0.1, 0.15) is 23.2 Å². The number of hydrogen-bond acceptors (Lipinski definition) is 5. The molecule has 0 spiro atoms. The van der Waals surface area contributed by atoms with Crippen LogP contribution in [0.15, 0.2) is 17.5 Å². The summed E-state index contributed by atoms with van der Waals surface area (Å²) in [6.07, 6.45) is 1.23. The van der Waals surface area contributed by atoms with Crippen LogP contribution in [-0.2, 0) is 11.2 Å². The maximum atomic E-state index is 11.5. The molecule has 0 aliphatic rings. The number of amides is 1. The zero-order valence-corrected chi connectivity index (χ0v) is 14.5. The van der Waals surface area contributed by atoms with Gasteiger partial charge in [-0.05, 0) is 32.4 Å². The molecule has 0 aliphatic carbocycles. The van der Waals surface area contributed by atoms with Gasteiger partial charge in [-0.1, -0.05) is 0 Å². The Balaban J connectivity index is 0.00000220. The summed E-state index contributed by atoms with van der Waals surface area (Å²) in [5, 5.41) is 6.05. The third kappa shape index (κ3) is 5.74. The van der Waals surface area contributed by atoms with E-state index in [-0.39, 0.29) is 24.4 Å². The minimum atomic E-state index is -0.0868. The first-order chi connectivity index (χ1) is 9.54. The van der Waals surface area contributed by atoms with Crippen LogP contribution >= 0.6 is 35.1 Å². The van der Waals surface area contributed by atoms with Crippen molar-refractivity contribution < 1.29 is 4.79 Å². The first kappa shape index (κ1) is 18.1. The van der Waals surface area contributed by atoms with E-state index in [0.717, 1.165) is 17.1 Å². The molecule has 0 radical (unpaired) electrons. The first-order valence-corrected chi connectivity index (χ1v) is 8.27. The highest BCUT2D eigenvalue weighted by molar-refractivity contribution is 7.16. The van der Waals surface area contributed by atoms with Gasteiger partial charge in [0.05, 0.1) is 15.6 Å². The Morgan fingerprint density at radius 2 is 2.24 bits per heavy atom. The lowest BCUT2D eigenvalue weighted by atomic mass is 10.2. The average molecular weight is 346 g/mol. The number of halogens is 1. The van der Waals surface area contributed by atoms with Crippen LogP contribution in [0, 0.1) is 6.92 Å². The van der Waals surface area contributed by atoms with Crippen molar-refractivity contribution in [3.63, 3.8) is 0 Å². The predicted molar refractivity (Wildman–Crippen MR) is 92.4 cm³/mol. The summed E-state index contributed by atoms with van der Waals surface area (Å²) >= 11 is 3.40. The average Bonchev–Trinajstić information content (AvgIpc) is 2.97. The molecule has 116 valence electrons. The second kappa shape index (κ2) is 8.48. The van der Waals surface area contributed by atoms with E-state index >= 15 is 0 Å². The fourth-order valence-corrected chi connectivity index (χ4v) is 3.47. The Labute approximate surface area is 139 Å². The fraction of sp³-hybridized carbons (Fsp3) is 0.429. The Morgan fingerprint density at radius 1 is 1.48 bits per heavy atom. The fourth-order valence-electron chi connectivity index (χ4n) is 1.82. The maximum Gasteiger partial charge on any atom is 0.221 e. The first-order valence-electron chi connectivity index (χ1n) is 6.58. The van der Waals surface area contributed by atoms with Gasteiger partial charge in [0.15, 0.2) is 0 Å². The summed E-state index contributed by atoms with van der Waals surface area (Å²) in [6.45, 7) is 4.50. The van der Waals surface area contributed by atoms with E-state index in [1.54, 1.807) is 22.7 Å². The van der Waals surface area contributed by atoms with Gasteiger partial charge in [0.2, 0.25) is 5.91 Å². The van der Waals surface area contributed by atoms with Crippen LogP contribution in [0.3, 0.4) is 0 Å². The van der Waals surface area contributed by atoms with Gasteiger partial charge in [-0.2, -0.15) is 0 Å². The second-order valence-corrected chi connectivity index (χ2v) is 7.03. The smallest absolute Gasteiger partial charge is 0.221 e. The molecule has 2 aromatic rings. The third-order valence-electron chi connectivity index (χ3n) is 2.73. The maximum absolute atomic E-state index is 11.5. The van der Waals surface area contributed by atoms with Crippen molar-refractivity contribution >= 4 is 41.0 Å². The van der Waals surface area contributed by atoms with Crippen molar-refractivity contribution in [3.05, 3.63) is 27.4 Å². The molecular formula is C14H20ClN3OS2. The molecular weight excluding hydrogens is 326 g/mol. The van der Waals surface area contributed by atoms with E-state index in [1.807, 2.05) is 13.8 Å². The van der Waals surface area contributed by atoms with Crippen molar-refractivity contribution in [2.75, 3.05) is 6.54 Å². The molecule has 0 aliphatic heterocycles. The highest BCUT2D eigenvalue weighted by atomic mass is 35.5. The summed E-state index contributed by atoms with van der Waals surface area (Å²) in [4.78, 5) is 18.4. The number of thiophene rings is 1. The Kier molecular flexibility index (Phi) is 7.31. The van der Waals surface area contributed by atoms with Crippen LogP contribution < -0.4 is 11.1 Å². The summed E-state index contributed by atoms with van der Waals surface area (Å²) in [5.41, 5.74) is 6.63. The lowest BCUT2D eigenvalue weighted by molar-refractivity contribution is -0.121. The van der Waals surface area contributed by atoms with E-state index in [0.29, 0.717) is 13.0 Å². The summed E-state index contributed by atoms with van der Waals surface area (Å²) in [6, 6.07) is 4.11. The van der Waals surface area contributed by atoms with Crippen molar-refractivity contribution in [3.8, 4) is 10.6 Å². The van der Waals surface area contributed by atoms with E-state index in [4.69, 9.17) is 5.73 Å². The highest BCUT2D eigenvalue weighted by Crippen LogP contribution is 2.29. The van der Waals surface area contributed by atoms with Crippen molar-refractivity contribution in [2.24, 2.45) is 5.73 Å². The molecule has 0 saturated heterocycles. The van der Waals surface area contributed by atoms with Gasteiger partial charge in [-0.3, -0.25) is 4.79 Å². The van der Waals surface area contributed by atoms with Gasteiger partial charge in [-0.25, -0.2) is 4.98 Å². The van der Waals surface area contributed by atoms with Gasteiger partial charge in [-0.15, -0.1) is 35.1 Å². The van der Waals surface area contributed by atoms with Crippen molar-refractivity contribution in [2.45, 2.75) is 32.7 Å². The molecule has 2 aromatic heterocycles. The number of carbonyl (C=O) groups excluding carboxylic acids is 1. The molecule has 1 unspecified atom stereocenters. The van der Waals surface area contributed by atoms with Gasteiger partial charge in [0.25, 0.3) is 0 Å². The van der Waals surface area contributed by atoms with E-state index in [1.165, 1.54) is 9.75 Å². The molecule has 3 N–H and O–H groups in total. The van der Waals surface area contributed by atoms with E-state index < -0.39 is 0 Å². The quantitative estimate of drug-likeness (QED) is 0.845. The molecule has 1 atom stereocenters. The van der Waals surface area contributed by atoms with Crippen LogP contribution in [-0.4, -0.2) is 23.5 Å². The Morgan fingerprint density at radius 3 is 2.86 bits per heavy atom. The number of nitrogens with one attached hydrogen (secondary N) is 1. The second-order valence-electron chi connectivity index (χ2n) is 4.80. The normalized spacial score (nSPS) is 11.8. The lowest BCUT2D eigenvalue weighted by Crippen LogP contribution is -2.31. The standard InChI is InChI=1S/C14H19N3OS2.ClH/c1-9(15)7-14(18)16-6-5-11-3-4-13(20-11)12-8-19-10(2)17-12;/h3-4,8-9H,5-7,15H2,1-2H3,(H,16,18);1H. The van der Waals surface area contributed by atoms with Crippen molar-refractivity contribution in [1.82, 2.24) is 10.3 Å². The number of hydrogen-bond donors (Lipinski definition) is 2. The van der Waals surface area contributed by atoms with E-state index in [2.05, 4.69) is 27.8 Å². The zero-order chi connectivity index (χ0) is 14.5. The largest absolute Gasteiger partial charge is 0.356 e. The predicted octanol–water partition coefficient (Wildman–Crippen LogP) is 3.00. The minimum Gasteiger partial charge on any atom is -0.356 e. The topological polar surface area (TPSA) is 68.0 Å². The number of carbonyl (C=O) groups is 1. The molecule has 0 fully saturated rings. The Bertz CT molecular complexity index is 580. The van der Waals surface area contributed by atoms with Gasteiger partial charge >= 0.3 is 0 Å². The SMILES string of the molecule is Cc1nc(-c2ccc(CCNC(=O)CC(C)N)s2)cs1.Cl. The molecule has 4 nitrogen and oxygen atoms in total. The summed E-state index contributed by atoms with van der Waals surface area (Å²) in [7, 11) is 0. The van der Waals surface area contributed by atoms with Gasteiger partial charge in [0.1, 0.15) is 0 Å². The number of nitrogens with two attached hydrogens (primary N) is 1. The molecule has 1 amide bonds. The van der Waals surface area contributed by atoms with Gasteiger partial charge < -0.3 is 11.1 Å². The van der Waals surface area contributed by atoms with Crippen LogP contribution in [0.2, 0.25) is 0 Å². The minimum absolute atomic E-state index is 0. The number of aryl methyl sites for hydroxylation is 1. The molecule has 7 heteroatoms. The molecule has 0 bridgehead atoms. The number of rotatable bonds is 6. The zero-order valence-electron chi connectivity index (χ0n) is 12.1. The molecule has 2 heterocycles. The van der Waals surface area contributed by atoms with Crippen LogP contribution in [0.4, 0.5) is 0 Å². The van der Waals surface area contributed by atoms with Gasteiger partial charge in [0, 0.05) is 29.3 Å². The number of thiazole rings is 1. The monoisotopic (exact) mass is 345 g/mol. The Hall–Kier alpha value is -0.950. The molecule has 0 aromatic carbocycles. The summed E-state index contributed by atoms with van der Waals surface area (Å²) < 4.78 is 0. The van der Waals surface area contributed by atoms with Crippen LogP contribution in [0.25, 0.3) is 10.6 Å². The molecule has 2 rings (SSSR count). The molecule has 0 saturated carbocycles. The third-order valence-corrected chi connectivity index (χ3v) is 4.68. The van der Waals surface area contributed by atoms with Crippen molar-refractivity contribution in [1.29, 1.82) is 0 Å². The summed E-state index contributed by atoms with van der Waals surface area (Å²) in [5.74, 6) is 0.0203. The highest BCUT2D eigenvalue weighted by Gasteiger charge is 2.07. The number of nitrogens with zero attached hydrogens (tertiary/aromatic N) is 1. The van der Waals surface area contributed by atoms with E-state index in [9.17, 15) is 4.79 Å². The lowest BCUT2D eigenvalue weighted by Gasteiger charge is -2.06.